The van der Waals surface area contributed by atoms with E-state index in [0.29, 0.717) is 18.7 Å². The highest BCUT2D eigenvalue weighted by molar-refractivity contribution is 5.92. The Morgan fingerprint density at radius 1 is 1.29 bits per heavy atom. The minimum atomic E-state index is -4.70. The predicted octanol–water partition coefficient (Wildman–Crippen LogP) is 3.10. The van der Waals surface area contributed by atoms with Crippen LogP contribution in [-0.4, -0.2) is 41.7 Å². The Balaban J connectivity index is 0.00000280. The fraction of sp³-hybridized carbons (Fsp3) is 0.444. The topological polar surface area (TPSA) is 68.2 Å². The lowest BCUT2D eigenvalue weighted by molar-refractivity contribution is -0.274. The van der Waals surface area contributed by atoms with Gasteiger partial charge in [-0.1, -0.05) is 12.1 Å². The van der Waals surface area contributed by atoms with E-state index in [1.54, 1.807) is 6.07 Å². The largest absolute Gasteiger partial charge is 0.573 e. The Morgan fingerprint density at radius 3 is 2.68 bits per heavy atom. The monoisotopic (exact) mass is 418 g/mol. The number of aromatic nitrogens is 2. The molecule has 2 N–H and O–H groups in total. The number of carbonyl (C=O) groups is 1. The Kier molecular flexibility index (Phi) is 7.70. The van der Waals surface area contributed by atoms with Crippen LogP contribution in [0.5, 0.6) is 5.75 Å². The van der Waals surface area contributed by atoms with Gasteiger partial charge in [0.1, 0.15) is 11.4 Å². The van der Waals surface area contributed by atoms with Crippen LogP contribution >= 0.6 is 12.4 Å². The smallest absolute Gasteiger partial charge is 0.406 e. The van der Waals surface area contributed by atoms with Crippen LogP contribution < -0.4 is 15.4 Å². The minimum Gasteiger partial charge on any atom is -0.406 e. The van der Waals surface area contributed by atoms with Crippen molar-refractivity contribution in [2.24, 2.45) is 0 Å². The molecule has 1 aromatic heterocycles. The van der Waals surface area contributed by atoms with Crippen LogP contribution in [0.4, 0.5) is 13.2 Å². The van der Waals surface area contributed by atoms with E-state index in [0.717, 1.165) is 31.5 Å². The number of halogens is 4. The van der Waals surface area contributed by atoms with E-state index in [1.807, 2.05) is 10.9 Å². The van der Waals surface area contributed by atoms with Crippen LogP contribution in [0.25, 0.3) is 0 Å². The van der Waals surface area contributed by atoms with Gasteiger partial charge in [0.05, 0.1) is 6.04 Å². The molecule has 2 aromatic rings. The van der Waals surface area contributed by atoms with Gasteiger partial charge in [-0.25, -0.2) is 0 Å². The highest BCUT2D eigenvalue weighted by Gasteiger charge is 2.30. The maximum atomic E-state index is 12.2. The number of nitrogens with one attached hydrogen (secondary N) is 2. The third-order valence-electron chi connectivity index (χ3n) is 4.34. The number of hydrogen-bond acceptors (Lipinski definition) is 4. The molecule has 0 saturated carbocycles. The second-order valence-electron chi connectivity index (χ2n) is 6.38. The number of amides is 1. The minimum absolute atomic E-state index is 0. The molecule has 1 amide bonds. The summed E-state index contributed by atoms with van der Waals surface area (Å²) in [6, 6.07) is 7.54. The summed E-state index contributed by atoms with van der Waals surface area (Å²) in [6.45, 7) is 2.21. The zero-order valence-electron chi connectivity index (χ0n) is 15.0. The molecule has 1 atom stereocenters. The summed E-state index contributed by atoms with van der Waals surface area (Å²) >= 11 is 0. The first-order chi connectivity index (χ1) is 12.9. The third kappa shape index (κ3) is 6.42. The fourth-order valence-electron chi connectivity index (χ4n) is 2.99. The molecule has 1 aliphatic rings. The summed E-state index contributed by atoms with van der Waals surface area (Å²) in [6.07, 6.45) is -0.285. The number of rotatable bonds is 6. The molecule has 6 nitrogen and oxygen atoms in total. The molecule has 0 bridgehead atoms. The van der Waals surface area contributed by atoms with Crippen LogP contribution in [0.2, 0.25) is 0 Å². The van der Waals surface area contributed by atoms with Crippen molar-refractivity contribution in [1.29, 1.82) is 0 Å². The lowest BCUT2D eigenvalue weighted by Crippen LogP contribution is -2.32. The number of benzene rings is 1. The molecule has 28 heavy (non-hydrogen) atoms. The zero-order chi connectivity index (χ0) is 19.3. The molecule has 0 radical (unpaired) electrons. The molecule has 154 valence electrons. The zero-order valence-corrected chi connectivity index (χ0v) is 15.9. The van der Waals surface area contributed by atoms with Gasteiger partial charge in [0.15, 0.2) is 0 Å². The summed E-state index contributed by atoms with van der Waals surface area (Å²) in [4.78, 5) is 12.2. The van der Waals surface area contributed by atoms with Crippen molar-refractivity contribution in [2.45, 2.75) is 31.7 Å². The van der Waals surface area contributed by atoms with Crippen molar-refractivity contribution in [1.82, 2.24) is 20.4 Å². The van der Waals surface area contributed by atoms with Crippen molar-refractivity contribution in [3.05, 3.63) is 47.8 Å². The van der Waals surface area contributed by atoms with Crippen molar-refractivity contribution in [3.63, 3.8) is 0 Å². The van der Waals surface area contributed by atoms with E-state index in [-0.39, 0.29) is 30.1 Å². The van der Waals surface area contributed by atoms with Gasteiger partial charge in [-0.3, -0.25) is 9.48 Å². The maximum Gasteiger partial charge on any atom is 0.573 e. The van der Waals surface area contributed by atoms with E-state index in [1.165, 1.54) is 24.3 Å². The van der Waals surface area contributed by atoms with Crippen LogP contribution in [0.1, 0.15) is 34.9 Å². The first-order valence-electron chi connectivity index (χ1n) is 8.79. The molecule has 2 heterocycles. The second-order valence-corrected chi connectivity index (χ2v) is 6.38. The first-order valence-corrected chi connectivity index (χ1v) is 8.79. The quantitative estimate of drug-likeness (QED) is 0.756. The summed E-state index contributed by atoms with van der Waals surface area (Å²) in [5.74, 6) is -0.535. The van der Waals surface area contributed by atoms with E-state index in [9.17, 15) is 18.0 Å². The summed E-state index contributed by atoms with van der Waals surface area (Å²) in [5.41, 5.74) is 1.15. The van der Waals surface area contributed by atoms with Crippen molar-refractivity contribution < 1.29 is 22.7 Å². The molecule has 1 unspecified atom stereocenters. The summed E-state index contributed by atoms with van der Waals surface area (Å²) in [5, 5.41) is 10.4. The Labute approximate surface area is 166 Å². The van der Waals surface area contributed by atoms with Crippen molar-refractivity contribution in [2.75, 3.05) is 19.6 Å². The molecule has 0 spiro atoms. The van der Waals surface area contributed by atoms with Crippen LogP contribution in [0.15, 0.2) is 36.5 Å². The van der Waals surface area contributed by atoms with Gasteiger partial charge < -0.3 is 15.4 Å². The lowest BCUT2D eigenvalue weighted by Gasteiger charge is -2.22. The SMILES string of the molecule is Cl.O=C(NCCc1ccc(OC(F)(F)F)cc1)c1ccn(C2CCCNC2)n1. The molecular weight excluding hydrogens is 397 g/mol. The average Bonchev–Trinajstić information content (AvgIpc) is 3.13. The molecule has 1 fully saturated rings. The normalized spacial score (nSPS) is 16.9. The first kappa shape index (κ1) is 22.0. The predicted molar refractivity (Wildman–Crippen MR) is 99.8 cm³/mol. The second kappa shape index (κ2) is 9.79. The van der Waals surface area contributed by atoms with Gasteiger partial charge in [0, 0.05) is 19.3 Å². The van der Waals surface area contributed by atoms with Crippen molar-refractivity contribution >= 4 is 18.3 Å². The van der Waals surface area contributed by atoms with Gasteiger partial charge in [0.2, 0.25) is 0 Å². The van der Waals surface area contributed by atoms with Gasteiger partial charge >= 0.3 is 6.36 Å². The van der Waals surface area contributed by atoms with Crippen LogP contribution in [-0.2, 0) is 6.42 Å². The molecule has 1 aromatic carbocycles. The summed E-state index contributed by atoms with van der Waals surface area (Å²) < 4.78 is 42.0. The van der Waals surface area contributed by atoms with E-state index in [4.69, 9.17) is 0 Å². The number of hydrogen-bond donors (Lipinski definition) is 2. The molecule has 3 rings (SSSR count). The molecule has 1 saturated heterocycles. The Bertz CT molecular complexity index is 759. The van der Waals surface area contributed by atoms with E-state index < -0.39 is 6.36 Å². The molecule has 10 heteroatoms. The van der Waals surface area contributed by atoms with Crippen LogP contribution in [0, 0.1) is 0 Å². The maximum absolute atomic E-state index is 12.2. The molecular formula is C18H22ClF3N4O2. The van der Waals surface area contributed by atoms with Crippen molar-refractivity contribution in [3.8, 4) is 5.75 Å². The van der Waals surface area contributed by atoms with Gasteiger partial charge in [-0.15, -0.1) is 25.6 Å². The Hall–Kier alpha value is -2.26. The fourth-order valence-corrected chi connectivity index (χ4v) is 2.99. The van der Waals surface area contributed by atoms with Gasteiger partial charge in [-0.05, 0) is 49.6 Å². The number of carbonyl (C=O) groups excluding carboxylic acids is 1. The number of nitrogens with zero attached hydrogens (tertiary/aromatic N) is 2. The van der Waals surface area contributed by atoms with E-state index in [2.05, 4.69) is 20.5 Å². The standard InChI is InChI=1S/C18H21F3N4O2.ClH/c19-18(20,21)27-15-5-3-13(4-6-15)7-10-23-17(26)16-8-11-25(24-16)14-2-1-9-22-12-14;/h3-6,8,11,14,22H,1-2,7,9-10,12H2,(H,23,26);1H. The Morgan fingerprint density at radius 2 is 2.04 bits per heavy atom. The third-order valence-corrected chi connectivity index (χ3v) is 4.34. The van der Waals surface area contributed by atoms with Gasteiger partial charge in [-0.2, -0.15) is 5.10 Å². The summed E-state index contributed by atoms with van der Waals surface area (Å²) in [7, 11) is 0. The lowest BCUT2D eigenvalue weighted by atomic mass is 10.1. The van der Waals surface area contributed by atoms with Gasteiger partial charge in [0.25, 0.3) is 5.91 Å². The average molecular weight is 419 g/mol. The van der Waals surface area contributed by atoms with E-state index >= 15 is 0 Å². The number of ether oxygens (including phenoxy) is 1. The highest BCUT2D eigenvalue weighted by atomic mass is 35.5. The number of alkyl halides is 3. The van der Waals surface area contributed by atoms with Crippen LogP contribution in [0.3, 0.4) is 0 Å². The number of piperidine rings is 1. The highest BCUT2D eigenvalue weighted by Crippen LogP contribution is 2.22. The molecule has 0 aliphatic carbocycles. The molecule has 1 aliphatic heterocycles.